The predicted molar refractivity (Wildman–Crippen MR) is 84.8 cm³/mol. The molecule has 2 aromatic carbocycles. The topological polar surface area (TPSA) is 63.8 Å². The van der Waals surface area contributed by atoms with Crippen molar-refractivity contribution in [3.05, 3.63) is 84.1 Å². The quantitative estimate of drug-likeness (QED) is 0.767. The first-order valence-corrected chi connectivity index (χ1v) is 6.78. The van der Waals surface area contributed by atoms with Crippen molar-refractivity contribution in [3.63, 3.8) is 0 Å². The molecule has 3 aromatic rings. The molecule has 4 nitrogen and oxygen atoms in total. The molecule has 0 aliphatic heterocycles. The molecule has 0 unspecified atom stereocenters. The molecule has 0 amide bonds. The summed E-state index contributed by atoms with van der Waals surface area (Å²) in [7, 11) is 0. The molecule has 0 spiro atoms. The first kappa shape index (κ1) is 13.1. The van der Waals surface area contributed by atoms with Crippen LogP contribution in [0.2, 0.25) is 0 Å². The predicted octanol–water partition coefficient (Wildman–Crippen LogP) is 3.26. The van der Waals surface area contributed by atoms with Gasteiger partial charge < -0.3 is 11.1 Å². The number of benzene rings is 2. The lowest BCUT2D eigenvalue weighted by atomic mass is 9.99. The molecule has 4 heteroatoms. The molecule has 104 valence electrons. The summed E-state index contributed by atoms with van der Waals surface area (Å²) >= 11 is 0. The van der Waals surface area contributed by atoms with Gasteiger partial charge in [0, 0.05) is 6.20 Å². The summed E-state index contributed by atoms with van der Waals surface area (Å²) in [5, 5.41) is 3.42. The number of rotatable bonds is 4. The highest BCUT2D eigenvalue weighted by Gasteiger charge is 2.14. The molecule has 0 aliphatic rings. The largest absolute Gasteiger partial charge is 0.368 e. The standard InChI is InChI=1S/C17H16N4/c18-17-19-12-11-15(21-17)20-16(13-7-3-1-4-8-13)14-9-5-2-6-10-14/h1-12,16H,(H3,18,19,20,21). The first-order chi connectivity index (χ1) is 10.3. The highest BCUT2D eigenvalue weighted by atomic mass is 15.1. The molecule has 1 heterocycles. The van der Waals surface area contributed by atoms with Gasteiger partial charge in [-0.3, -0.25) is 0 Å². The van der Waals surface area contributed by atoms with E-state index in [4.69, 9.17) is 5.73 Å². The number of anilines is 2. The number of nitrogens with zero attached hydrogens (tertiary/aromatic N) is 2. The molecule has 0 saturated heterocycles. The van der Waals surface area contributed by atoms with Gasteiger partial charge in [0.05, 0.1) is 6.04 Å². The van der Waals surface area contributed by atoms with E-state index < -0.39 is 0 Å². The Labute approximate surface area is 123 Å². The van der Waals surface area contributed by atoms with Crippen LogP contribution in [0.3, 0.4) is 0 Å². The zero-order chi connectivity index (χ0) is 14.5. The van der Waals surface area contributed by atoms with Crippen molar-refractivity contribution >= 4 is 11.8 Å². The fraction of sp³-hybridized carbons (Fsp3) is 0.0588. The van der Waals surface area contributed by atoms with Gasteiger partial charge in [-0.1, -0.05) is 60.7 Å². The molecule has 0 radical (unpaired) electrons. The molecule has 3 rings (SSSR count). The molecule has 0 atom stereocenters. The van der Waals surface area contributed by atoms with Gasteiger partial charge in [0.15, 0.2) is 0 Å². The number of nitrogens with two attached hydrogens (primary N) is 1. The average Bonchev–Trinajstić information content (AvgIpc) is 2.54. The second kappa shape index (κ2) is 6.05. The van der Waals surface area contributed by atoms with Crippen LogP contribution in [0.1, 0.15) is 17.2 Å². The van der Waals surface area contributed by atoms with Crippen molar-refractivity contribution in [1.82, 2.24) is 9.97 Å². The van der Waals surface area contributed by atoms with Crippen molar-refractivity contribution < 1.29 is 0 Å². The molecular formula is C17H16N4. The first-order valence-electron chi connectivity index (χ1n) is 6.78. The minimum absolute atomic E-state index is 0.0155. The Morgan fingerprint density at radius 3 is 1.90 bits per heavy atom. The summed E-state index contributed by atoms with van der Waals surface area (Å²) < 4.78 is 0. The molecule has 0 bridgehead atoms. The Bertz CT molecular complexity index is 659. The Hall–Kier alpha value is -2.88. The third-order valence-corrected chi connectivity index (χ3v) is 3.23. The Kier molecular flexibility index (Phi) is 3.78. The maximum Gasteiger partial charge on any atom is 0.221 e. The Balaban J connectivity index is 1.97. The van der Waals surface area contributed by atoms with Crippen LogP contribution in [0, 0.1) is 0 Å². The van der Waals surface area contributed by atoms with E-state index in [1.54, 1.807) is 6.20 Å². The van der Waals surface area contributed by atoms with Crippen LogP contribution >= 0.6 is 0 Å². The Morgan fingerprint density at radius 2 is 1.38 bits per heavy atom. The SMILES string of the molecule is Nc1nccc(NC(c2ccccc2)c2ccccc2)n1. The van der Waals surface area contributed by atoms with Crippen LogP contribution in [0.4, 0.5) is 11.8 Å². The van der Waals surface area contributed by atoms with Gasteiger partial charge in [0.25, 0.3) is 0 Å². The number of hydrogen-bond donors (Lipinski definition) is 2. The minimum Gasteiger partial charge on any atom is -0.368 e. The van der Waals surface area contributed by atoms with Crippen LogP contribution in [-0.2, 0) is 0 Å². The van der Waals surface area contributed by atoms with E-state index in [0.29, 0.717) is 5.82 Å². The van der Waals surface area contributed by atoms with Crippen LogP contribution < -0.4 is 11.1 Å². The van der Waals surface area contributed by atoms with Gasteiger partial charge in [-0.2, -0.15) is 4.98 Å². The van der Waals surface area contributed by atoms with Crippen LogP contribution in [0.25, 0.3) is 0 Å². The lowest BCUT2D eigenvalue weighted by molar-refractivity contribution is 0.924. The molecule has 0 fully saturated rings. The lowest BCUT2D eigenvalue weighted by Crippen LogP contribution is -2.13. The maximum absolute atomic E-state index is 5.65. The summed E-state index contributed by atoms with van der Waals surface area (Å²) in [6.45, 7) is 0. The van der Waals surface area contributed by atoms with Gasteiger partial charge in [0.1, 0.15) is 5.82 Å². The fourth-order valence-corrected chi connectivity index (χ4v) is 2.25. The molecule has 21 heavy (non-hydrogen) atoms. The van der Waals surface area contributed by atoms with Crippen molar-refractivity contribution in [2.45, 2.75) is 6.04 Å². The van der Waals surface area contributed by atoms with Crippen LogP contribution in [0.5, 0.6) is 0 Å². The number of aromatic nitrogens is 2. The van der Waals surface area contributed by atoms with Gasteiger partial charge >= 0.3 is 0 Å². The molecule has 1 aromatic heterocycles. The molecule has 0 aliphatic carbocycles. The van der Waals surface area contributed by atoms with E-state index >= 15 is 0 Å². The second-order valence-corrected chi connectivity index (χ2v) is 4.70. The zero-order valence-corrected chi connectivity index (χ0v) is 11.5. The van der Waals surface area contributed by atoms with Crippen molar-refractivity contribution in [2.24, 2.45) is 0 Å². The van der Waals surface area contributed by atoms with E-state index in [0.717, 1.165) is 0 Å². The Morgan fingerprint density at radius 1 is 0.810 bits per heavy atom. The molecule has 3 N–H and O–H groups in total. The van der Waals surface area contributed by atoms with Gasteiger partial charge in [-0.15, -0.1) is 0 Å². The van der Waals surface area contributed by atoms with E-state index in [9.17, 15) is 0 Å². The monoisotopic (exact) mass is 276 g/mol. The third-order valence-electron chi connectivity index (χ3n) is 3.23. The normalized spacial score (nSPS) is 10.5. The highest BCUT2D eigenvalue weighted by Crippen LogP contribution is 2.25. The number of nitrogens with one attached hydrogen (secondary N) is 1. The van der Waals surface area contributed by atoms with Gasteiger partial charge in [-0.25, -0.2) is 4.98 Å². The summed E-state index contributed by atoms with van der Waals surface area (Å²) in [6, 6.07) is 22.3. The van der Waals surface area contributed by atoms with E-state index in [-0.39, 0.29) is 12.0 Å². The smallest absolute Gasteiger partial charge is 0.221 e. The second-order valence-electron chi connectivity index (χ2n) is 4.70. The van der Waals surface area contributed by atoms with Crippen LogP contribution in [0.15, 0.2) is 72.9 Å². The van der Waals surface area contributed by atoms with E-state index in [1.165, 1.54) is 11.1 Å². The van der Waals surface area contributed by atoms with Gasteiger partial charge in [-0.05, 0) is 17.2 Å². The summed E-state index contributed by atoms with van der Waals surface area (Å²) in [4.78, 5) is 8.14. The third kappa shape index (κ3) is 3.17. The minimum atomic E-state index is 0.0155. The zero-order valence-electron chi connectivity index (χ0n) is 11.5. The number of hydrogen-bond acceptors (Lipinski definition) is 4. The molecular weight excluding hydrogens is 260 g/mol. The lowest BCUT2D eigenvalue weighted by Gasteiger charge is -2.20. The summed E-state index contributed by atoms with van der Waals surface area (Å²) in [6.07, 6.45) is 1.65. The summed E-state index contributed by atoms with van der Waals surface area (Å²) in [5.41, 5.74) is 7.98. The van der Waals surface area contributed by atoms with Crippen LogP contribution in [-0.4, -0.2) is 9.97 Å². The summed E-state index contributed by atoms with van der Waals surface area (Å²) in [5.74, 6) is 0.972. The molecule has 0 saturated carbocycles. The van der Waals surface area contributed by atoms with Crippen molar-refractivity contribution in [3.8, 4) is 0 Å². The van der Waals surface area contributed by atoms with Crippen molar-refractivity contribution in [2.75, 3.05) is 11.1 Å². The highest BCUT2D eigenvalue weighted by molar-refractivity contribution is 5.45. The fourth-order valence-electron chi connectivity index (χ4n) is 2.25. The van der Waals surface area contributed by atoms with Crippen molar-refractivity contribution in [1.29, 1.82) is 0 Å². The van der Waals surface area contributed by atoms with Gasteiger partial charge in [0.2, 0.25) is 5.95 Å². The average molecular weight is 276 g/mol. The maximum atomic E-state index is 5.65. The van der Waals surface area contributed by atoms with E-state index in [1.807, 2.05) is 42.5 Å². The number of nitrogen functional groups attached to an aromatic ring is 1. The van der Waals surface area contributed by atoms with E-state index in [2.05, 4.69) is 39.6 Å².